The lowest BCUT2D eigenvalue weighted by Gasteiger charge is -2.26. The zero-order valence-corrected chi connectivity index (χ0v) is 17.4. The number of carbonyl (C=O) groups is 4. The minimum atomic E-state index is -0.858. The third-order valence-electron chi connectivity index (χ3n) is 5.02. The number of benzene rings is 2. The third-order valence-corrected chi connectivity index (χ3v) is 5.02. The van der Waals surface area contributed by atoms with Gasteiger partial charge in [-0.2, -0.15) is 0 Å². The molecule has 1 unspecified atom stereocenters. The van der Waals surface area contributed by atoms with Crippen LogP contribution in [0.5, 0.6) is 0 Å². The van der Waals surface area contributed by atoms with Crippen LogP contribution in [0.15, 0.2) is 48.5 Å². The van der Waals surface area contributed by atoms with Crippen LogP contribution < -0.4 is 0 Å². The monoisotopic (exact) mass is 407 g/mol. The van der Waals surface area contributed by atoms with Crippen molar-refractivity contribution in [3.8, 4) is 0 Å². The lowest BCUT2D eigenvalue weighted by atomic mass is 9.94. The largest absolute Gasteiger partial charge is 0.462 e. The Hall–Kier alpha value is -3.28. The molecule has 1 aliphatic heterocycles. The summed E-state index contributed by atoms with van der Waals surface area (Å²) in [5.41, 5.74) is 1.65. The molecule has 0 spiro atoms. The Balaban J connectivity index is 1.86. The quantitative estimate of drug-likeness (QED) is 0.492. The number of nitrogens with zero attached hydrogens (tertiary/aromatic N) is 1. The molecule has 0 bridgehead atoms. The molecule has 2 aromatic carbocycles. The number of fused-ring (bicyclic) bond motifs is 1. The predicted octanol–water partition coefficient (Wildman–Crippen LogP) is 3.69. The van der Waals surface area contributed by atoms with Gasteiger partial charge in [0.1, 0.15) is 0 Å². The van der Waals surface area contributed by atoms with Gasteiger partial charge < -0.3 is 4.74 Å². The van der Waals surface area contributed by atoms with E-state index in [0.717, 1.165) is 4.90 Å². The highest BCUT2D eigenvalue weighted by Gasteiger charge is 2.42. The SMILES string of the molecule is CCOC(=O)c1cccc(CC(=O)C(CC(C)C)N2C(=O)c3ccccc3C2=O)c1. The summed E-state index contributed by atoms with van der Waals surface area (Å²) in [4.78, 5) is 52.1. The first-order chi connectivity index (χ1) is 14.3. The maximum atomic E-state index is 13.2. The van der Waals surface area contributed by atoms with E-state index in [4.69, 9.17) is 4.74 Å². The molecule has 3 rings (SSSR count). The smallest absolute Gasteiger partial charge is 0.338 e. The minimum Gasteiger partial charge on any atom is -0.462 e. The van der Waals surface area contributed by atoms with Gasteiger partial charge >= 0.3 is 5.97 Å². The molecule has 0 aliphatic carbocycles. The second-order valence-electron chi connectivity index (χ2n) is 7.74. The Morgan fingerprint density at radius 2 is 1.60 bits per heavy atom. The van der Waals surface area contributed by atoms with Crippen molar-refractivity contribution in [2.24, 2.45) is 5.92 Å². The normalized spacial score (nSPS) is 14.1. The number of Topliss-reactive ketones (excluding diaryl/α,β-unsaturated/α-hetero) is 1. The van der Waals surface area contributed by atoms with Gasteiger partial charge in [-0.05, 0) is 49.1 Å². The Bertz CT molecular complexity index is 960. The molecule has 6 nitrogen and oxygen atoms in total. The maximum absolute atomic E-state index is 13.2. The van der Waals surface area contributed by atoms with Crippen LogP contribution in [-0.2, 0) is 16.0 Å². The van der Waals surface area contributed by atoms with Gasteiger partial charge in [0, 0.05) is 6.42 Å². The molecule has 30 heavy (non-hydrogen) atoms. The molecule has 0 saturated carbocycles. The van der Waals surface area contributed by atoms with E-state index in [-0.39, 0.29) is 24.7 Å². The number of rotatable bonds is 8. The molecule has 0 saturated heterocycles. The second-order valence-corrected chi connectivity index (χ2v) is 7.74. The zero-order valence-electron chi connectivity index (χ0n) is 17.4. The topological polar surface area (TPSA) is 80.8 Å². The van der Waals surface area contributed by atoms with E-state index in [1.165, 1.54) is 0 Å². The zero-order chi connectivity index (χ0) is 21.8. The third kappa shape index (κ3) is 4.32. The molecule has 0 aromatic heterocycles. The number of imide groups is 1. The average Bonchev–Trinajstić information content (AvgIpc) is 2.97. The van der Waals surface area contributed by atoms with Gasteiger partial charge in [0.25, 0.3) is 11.8 Å². The number of amides is 2. The first-order valence-corrected chi connectivity index (χ1v) is 10.1. The molecule has 1 aliphatic rings. The molecule has 6 heteroatoms. The summed E-state index contributed by atoms with van der Waals surface area (Å²) in [5, 5.41) is 0. The highest BCUT2D eigenvalue weighted by atomic mass is 16.5. The molecule has 0 N–H and O–H groups in total. The highest BCUT2D eigenvalue weighted by Crippen LogP contribution is 2.28. The fourth-order valence-corrected chi connectivity index (χ4v) is 3.66. The summed E-state index contributed by atoms with van der Waals surface area (Å²) in [6.07, 6.45) is 0.389. The first kappa shape index (κ1) is 21.4. The number of hydrogen-bond acceptors (Lipinski definition) is 5. The standard InChI is InChI=1S/C24H25NO5/c1-4-30-24(29)17-9-7-8-16(13-17)14-21(26)20(12-15(2)3)25-22(27)18-10-5-6-11-19(18)23(25)28/h5-11,13,15,20H,4,12,14H2,1-3H3. The van der Waals surface area contributed by atoms with Crippen molar-refractivity contribution in [1.82, 2.24) is 4.90 Å². The van der Waals surface area contributed by atoms with Crippen LogP contribution in [0, 0.1) is 5.92 Å². The molecule has 156 valence electrons. The number of esters is 1. The van der Waals surface area contributed by atoms with Crippen LogP contribution in [0.25, 0.3) is 0 Å². The molecule has 1 atom stereocenters. The van der Waals surface area contributed by atoms with Crippen LogP contribution in [0.2, 0.25) is 0 Å². The molecule has 1 heterocycles. The van der Waals surface area contributed by atoms with Gasteiger partial charge in [0.15, 0.2) is 5.78 Å². The van der Waals surface area contributed by atoms with Gasteiger partial charge in [-0.25, -0.2) is 4.79 Å². The van der Waals surface area contributed by atoms with E-state index >= 15 is 0 Å². The van der Waals surface area contributed by atoms with Gasteiger partial charge in [0.2, 0.25) is 0 Å². The highest BCUT2D eigenvalue weighted by molar-refractivity contribution is 6.23. The van der Waals surface area contributed by atoms with Crippen LogP contribution >= 0.6 is 0 Å². The van der Waals surface area contributed by atoms with Crippen LogP contribution in [0.1, 0.15) is 63.8 Å². The predicted molar refractivity (Wildman–Crippen MR) is 111 cm³/mol. The van der Waals surface area contributed by atoms with Crippen LogP contribution in [-0.4, -0.2) is 41.1 Å². The van der Waals surface area contributed by atoms with Gasteiger partial charge in [-0.1, -0.05) is 38.1 Å². The molecule has 2 aromatic rings. The van der Waals surface area contributed by atoms with E-state index in [0.29, 0.717) is 28.7 Å². The molecule has 0 fully saturated rings. The fourth-order valence-electron chi connectivity index (χ4n) is 3.66. The van der Waals surface area contributed by atoms with E-state index < -0.39 is 23.8 Å². The summed E-state index contributed by atoms with van der Waals surface area (Å²) in [6.45, 7) is 5.88. The van der Waals surface area contributed by atoms with Crippen LogP contribution in [0.3, 0.4) is 0 Å². The van der Waals surface area contributed by atoms with Gasteiger partial charge in [0.05, 0.1) is 29.3 Å². The lowest BCUT2D eigenvalue weighted by molar-refractivity contribution is -0.122. The number of ketones is 1. The van der Waals surface area contributed by atoms with E-state index in [1.54, 1.807) is 55.5 Å². The van der Waals surface area contributed by atoms with Crippen molar-refractivity contribution in [2.45, 2.75) is 39.7 Å². The summed E-state index contributed by atoms with van der Waals surface area (Å²) < 4.78 is 5.01. The average molecular weight is 407 g/mol. The number of hydrogen-bond donors (Lipinski definition) is 0. The van der Waals surface area contributed by atoms with E-state index in [1.807, 2.05) is 13.8 Å². The fraction of sp³-hybridized carbons (Fsp3) is 0.333. The molecular formula is C24H25NO5. The van der Waals surface area contributed by atoms with Gasteiger partial charge in [-0.15, -0.1) is 0 Å². The van der Waals surface area contributed by atoms with E-state index in [2.05, 4.69) is 0 Å². The maximum Gasteiger partial charge on any atom is 0.338 e. The molecule has 2 amide bonds. The van der Waals surface area contributed by atoms with Crippen molar-refractivity contribution in [2.75, 3.05) is 6.61 Å². The second kappa shape index (κ2) is 9.03. The number of carbonyl (C=O) groups excluding carboxylic acids is 4. The number of ether oxygens (including phenoxy) is 1. The summed E-state index contributed by atoms with van der Waals surface area (Å²) in [7, 11) is 0. The van der Waals surface area contributed by atoms with Crippen molar-refractivity contribution in [3.63, 3.8) is 0 Å². The summed E-state index contributed by atoms with van der Waals surface area (Å²) in [6, 6.07) is 12.4. The summed E-state index contributed by atoms with van der Waals surface area (Å²) >= 11 is 0. The van der Waals surface area contributed by atoms with E-state index in [9.17, 15) is 19.2 Å². The Morgan fingerprint density at radius 1 is 0.967 bits per heavy atom. The van der Waals surface area contributed by atoms with Gasteiger partial charge in [-0.3, -0.25) is 19.3 Å². The van der Waals surface area contributed by atoms with Crippen LogP contribution in [0.4, 0.5) is 0 Å². The Labute approximate surface area is 175 Å². The summed E-state index contributed by atoms with van der Waals surface area (Å²) in [5.74, 6) is -1.45. The van der Waals surface area contributed by atoms with Crippen molar-refractivity contribution < 1.29 is 23.9 Å². The lowest BCUT2D eigenvalue weighted by Crippen LogP contribution is -2.46. The van der Waals surface area contributed by atoms with Crippen molar-refractivity contribution >= 4 is 23.6 Å². The van der Waals surface area contributed by atoms with Crippen molar-refractivity contribution in [1.29, 1.82) is 0 Å². The Morgan fingerprint density at radius 3 is 2.17 bits per heavy atom. The molecular weight excluding hydrogens is 382 g/mol. The van der Waals surface area contributed by atoms with Crippen molar-refractivity contribution in [3.05, 3.63) is 70.8 Å². The minimum absolute atomic E-state index is 0.0119. The molecule has 0 radical (unpaired) electrons. The Kier molecular flexibility index (Phi) is 6.45. The first-order valence-electron chi connectivity index (χ1n) is 10.1.